The average molecular weight is 373 g/mol. The van der Waals surface area contributed by atoms with Gasteiger partial charge in [0, 0.05) is 16.4 Å². The Bertz CT molecular complexity index is 1150. The smallest absolute Gasteiger partial charge is 0.339 e. The van der Waals surface area contributed by atoms with Gasteiger partial charge in [-0.05, 0) is 27.8 Å². The van der Waals surface area contributed by atoms with Crippen molar-refractivity contribution in [2.75, 3.05) is 5.32 Å². The van der Waals surface area contributed by atoms with Crippen LogP contribution in [0.2, 0.25) is 0 Å². The third-order valence-corrected chi connectivity index (χ3v) is 4.05. The molecule has 28 heavy (non-hydrogen) atoms. The Kier molecular flexibility index (Phi) is 4.67. The molecule has 0 atom stereocenters. The predicted molar refractivity (Wildman–Crippen MR) is 105 cm³/mol. The van der Waals surface area contributed by atoms with Crippen LogP contribution in [0.5, 0.6) is 0 Å². The van der Waals surface area contributed by atoms with Crippen molar-refractivity contribution in [2.24, 2.45) is 5.10 Å². The molecule has 0 aliphatic carbocycles. The molecule has 1 heterocycles. The molecule has 4 rings (SSSR count). The topological polar surface area (TPSA) is 106 Å². The largest absolute Gasteiger partial charge is 0.359 e. The lowest BCUT2D eigenvalue weighted by atomic mass is 10.1. The molecule has 8 nitrogen and oxygen atoms in total. The predicted octanol–water partition coefficient (Wildman–Crippen LogP) is 3.28. The highest BCUT2D eigenvalue weighted by molar-refractivity contribution is 5.94. The summed E-state index contributed by atoms with van der Waals surface area (Å²) in [6.45, 7) is 0. The number of carbonyl (C=O) groups excluding carboxylic acids is 1. The van der Waals surface area contributed by atoms with Crippen molar-refractivity contribution in [3.05, 3.63) is 83.7 Å². The number of nitrogens with zero attached hydrogens (tertiary/aromatic N) is 3. The molecule has 3 aromatic carbocycles. The van der Waals surface area contributed by atoms with Gasteiger partial charge in [-0.15, -0.1) is 0 Å². The van der Waals surface area contributed by atoms with Crippen LogP contribution in [-0.2, 0) is 0 Å². The van der Waals surface area contributed by atoms with E-state index in [1.54, 1.807) is 18.2 Å². The molecule has 0 bridgehead atoms. The number of hydrogen-bond acceptors (Lipinski definition) is 5. The normalized spacial score (nSPS) is 11.0. The quantitative estimate of drug-likeness (QED) is 0.325. The van der Waals surface area contributed by atoms with Crippen molar-refractivity contribution in [1.29, 1.82) is 0 Å². The first kappa shape index (κ1) is 17.2. The standard InChI is InChI=1S/C20H15N5O3/c26-20(22-17-11-10-14-6-4-5-9-16(14)12-17)23-21-13-18-19(24-28-25(18)27)15-7-2-1-3-8-15/h1-13H,(H2,22,23,26)/b21-13+. The Morgan fingerprint density at radius 3 is 2.61 bits per heavy atom. The van der Waals surface area contributed by atoms with Gasteiger partial charge < -0.3 is 10.5 Å². The highest BCUT2D eigenvalue weighted by atomic mass is 16.8. The lowest BCUT2D eigenvalue weighted by Crippen LogP contribution is -2.29. The van der Waals surface area contributed by atoms with E-state index in [9.17, 15) is 10.0 Å². The Morgan fingerprint density at radius 1 is 1.04 bits per heavy atom. The van der Waals surface area contributed by atoms with Gasteiger partial charge in [-0.1, -0.05) is 60.7 Å². The fraction of sp³-hybridized carbons (Fsp3) is 0. The van der Waals surface area contributed by atoms with Crippen molar-refractivity contribution >= 4 is 28.7 Å². The van der Waals surface area contributed by atoms with Gasteiger partial charge in [0.2, 0.25) is 5.69 Å². The SMILES string of the molecule is O=C(N/N=C/c1c(-c2ccccc2)no[n+]1[O-])Nc1ccc2ccccc2c1. The Labute approximate surface area is 159 Å². The Balaban J connectivity index is 1.45. The highest BCUT2D eigenvalue weighted by Gasteiger charge is 2.19. The van der Waals surface area contributed by atoms with Crippen molar-refractivity contribution in [1.82, 2.24) is 10.6 Å². The van der Waals surface area contributed by atoms with Crippen molar-refractivity contribution in [3.63, 3.8) is 0 Å². The number of nitrogens with one attached hydrogen (secondary N) is 2. The molecule has 138 valence electrons. The monoisotopic (exact) mass is 373 g/mol. The van der Waals surface area contributed by atoms with Gasteiger partial charge in [0.25, 0.3) is 5.69 Å². The maximum atomic E-state index is 12.1. The fourth-order valence-electron chi connectivity index (χ4n) is 2.74. The number of carbonyl (C=O) groups is 1. The van der Waals surface area contributed by atoms with E-state index in [4.69, 9.17) is 0 Å². The van der Waals surface area contributed by atoms with Crippen molar-refractivity contribution < 1.29 is 14.3 Å². The van der Waals surface area contributed by atoms with Crippen LogP contribution in [-0.4, -0.2) is 17.4 Å². The summed E-state index contributed by atoms with van der Waals surface area (Å²) in [5.74, 6) is 0. The second-order valence-electron chi connectivity index (χ2n) is 5.92. The molecule has 0 unspecified atom stereocenters. The second-order valence-corrected chi connectivity index (χ2v) is 5.92. The number of benzene rings is 3. The summed E-state index contributed by atoms with van der Waals surface area (Å²) in [5.41, 5.74) is 4.05. The van der Waals surface area contributed by atoms with E-state index in [-0.39, 0.29) is 10.6 Å². The Hall–Kier alpha value is -4.20. The summed E-state index contributed by atoms with van der Waals surface area (Å²) in [6.07, 6.45) is 1.19. The number of rotatable bonds is 4. The van der Waals surface area contributed by atoms with Gasteiger partial charge in [0.1, 0.15) is 6.21 Å². The van der Waals surface area contributed by atoms with Crippen molar-refractivity contribution in [3.8, 4) is 11.3 Å². The van der Waals surface area contributed by atoms with Gasteiger partial charge in [-0.25, -0.2) is 10.2 Å². The molecule has 1 aromatic heterocycles. The van der Waals surface area contributed by atoms with E-state index in [1.165, 1.54) is 6.21 Å². The van der Waals surface area contributed by atoms with E-state index >= 15 is 0 Å². The number of amides is 2. The van der Waals surface area contributed by atoms with Crippen LogP contribution < -0.4 is 15.6 Å². The zero-order valence-electron chi connectivity index (χ0n) is 14.6. The zero-order chi connectivity index (χ0) is 19.3. The minimum absolute atomic E-state index is 0.0807. The van der Waals surface area contributed by atoms with E-state index in [1.807, 2.05) is 54.6 Å². The first-order valence-electron chi connectivity index (χ1n) is 8.45. The molecule has 2 N–H and O–H groups in total. The summed E-state index contributed by atoms with van der Waals surface area (Å²) in [6, 6.07) is 21.9. The molecule has 0 saturated carbocycles. The number of fused-ring (bicyclic) bond motifs is 1. The first-order valence-corrected chi connectivity index (χ1v) is 8.45. The van der Waals surface area contributed by atoms with Crippen LogP contribution in [0.4, 0.5) is 10.5 Å². The number of anilines is 1. The molecular weight excluding hydrogens is 358 g/mol. The lowest BCUT2D eigenvalue weighted by Gasteiger charge is -2.05. The zero-order valence-corrected chi connectivity index (χ0v) is 14.6. The maximum Gasteiger partial charge on any atom is 0.339 e. The van der Waals surface area contributed by atoms with Crippen LogP contribution in [0.1, 0.15) is 5.69 Å². The van der Waals surface area contributed by atoms with Crippen LogP contribution >= 0.6 is 0 Å². The number of hydrogen-bond donors (Lipinski definition) is 2. The summed E-state index contributed by atoms with van der Waals surface area (Å²) >= 11 is 0. The van der Waals surface area contributed by atoms with Gasteiger partial charge in [0.15, 0.2) is 0 Å². The minimum Gasteiger partial charge on any atom is -0.359 e. The average Bonchev–Trinajstić information content (AvgIpc) is 3.09. The molecular formula is C20H15N5O3. The molecule has 2 amide bonds. The van der Waals surface area contributed by atoms with E-state index < -0.39 is 6.03 Å². The molecule has 0 saturated heterocycles. The van der Waals surface area contributed by atoms with Crippen LogP contribution in [0, 0.1) is 5.21 Å². The molecule has 0 aliphatic heterocycles. The molecule has 0 aliphatic rings. The molecule has 4 aromatic rings. The van der Waals surface area contributed by atoms with Crippen LogP contribution in [0.25, 0.3) is 22.0 Å². The number of aromatic nitrogens is 2. The molecule has 8 heteroatoms. The van der Waals surface area contributed by atoms with E-state index in [0.29, 0.717) is 16.9 Å². The van der Waals surface area contributed by atoms with E-state index in [2.05, 4.69) is 25.6 Å². The molecule has 0 spiro atoms. The summed E-state index contributed by atoms with van der Waals surface area (Å²) < 4.78 is 4.64. The lowest BCUT2D eigenvalue weighted by molar-refractivity contribution is -0.803. The third kappa shape index (κ3) is 3.65. The van der Waals surface area contributed by atoms with Crippen LogP contribution in [0.15, 0.2) is 82.5 Å². The number of hydrazone groups is 1. The molecule has 0 radical (unpaired) electrons. The second kappa shape index (κ2) is 7.58. The van der Waals surface area contributed by atoms with Crippen LogP contribution in [0.3, 0.4) is 0 Å². The van der Waals surface area contributed by atoms with Gasteiger partial charge in [0.05, 0.1) is 0 Å². The minimum atomic E-state index is -0.540. The Morgan fingerprint density at radius 2 is 1.79 bits per heavy atom. The van der Waals surface area contributed by atoms with E-state index in [0.717, 1.165) is 10.8 Å². The highest BCUT2D eigenvalue weighted by Crippen LogP contribution is 2.19. The first-order chi connectivity index (χ1) is 13.7. The summed E-state index contributed by atoms with van der Waals surface area (Å²) in [4.78, 5) is 12.3. The van der Waals surface area contributed by atoms with Gasteiger partial charge in [-0.2, -0.15) is 5.10 Å². The van der Waals surface area contributed by atoms with Crippen molar-refractivity contribution in [2.45, 2.75) is 0 Å². The summed E-state index contributed by atoms with van der Waals surface area (Å²) in [7, 11) is 0. The molecule has 0 fully saturated rings. The summed E-state index contributed by atoms with van der Waals surface area (Å²) in [5, 5.41) is 24.1. The number of urea groups is 1. The van der Waals surface area contributed by atoms with Gasteiger partial charge in [-0.3, -0.25) is 4.63 Å². The maximum absolute atomic E-state index is 12.1. The third-order valence-electron chi connectivity index (χ3n) is 4.05. The van der Waals surface area contributed by atoms with Gasteiger partial charge >= 0.3 is 6.03 Å². The fourth-order valence-corrected chi connectivity index (χ4v) is 2.74.